The molecule has 5 nitrogen and oxygen atoms in total. The number of nitrogens with one attached hydrogen (secondary N) is 2. The van der Waals surface area contributed by atoms with Crippen molar-refractivity contribution in [2.75, 3.05) is 32.7 Å². The van der Waals surface area contributed by atoms with E-state index < -0.39 is 0 Å². The van der Waals surface area contributed by atoms with Gasteiger partial charge in [0.2, 0.25) is 5.91 Å². The molecule has 2 rings (SSSR count). The number of carbonyl (C=O) groups excluding carboxylic acids is 1. The van der Waals surface area contributed by atoms with Crippen LogP contribution in [0.2, 0.25) is 0 Å². The molecule has 5 heteroatoms. The van der Waals surface area contributed by atoms with Gasteiger partial charge in [-0.3, -0.25) is 4.79 Å². The summed E-state index contributed by atoms with van der Waals surface area (Å²) in [6.07, 6.45) is 4.71. The van der Waals surface area contributed by atoms with Crippen molar-refractivity contribution in [3.8, 4) is 0 Å². The first kappa shape index (κ1) is 13.9. The van der Waals surface area contributed by atoms with E-state index in [0.29, 0.717) is 13.0 Å². The summed E-state index contributed by atoms with van der Waals surface area (Å²) in [5.74, 6) is 1.13. The number of carbonyl (C=O) groups is 1. The van der Waals surface area contributed by atoms with Crippen molar-refractivity contribution in [3.63, 3.8) is 0 Å². The first-order valence-electron chi connectivity index (χ1n) is 7.10. The smallest absolute Gasteiger partial charge is 0.220 e. The quantitative estimate of drug-likeness (QED) is 0.449. The minimum Gasteiger partial charge on any atom is -0.357 e. The van der Waals surface area contributed by atoms with Crippen LogP contribution in [0.3, 0.4) is 0 Å². The Kier molecular flexibility index (Phi) is 4.45. The third kappa shape index (κ3) is 3.28. The molecule has 2 heterocycles. The summed E-state index contributed by atoms with van der Waals surface area (Å²) < 4.78 is 0. The minimum atomic E-state index is 0.111. The molecule has 2 aliphatic heterocycles. The first-order chi connectivity index (χ1) is 9.19. The Morgan fingerprint density at radius 3 is 3.16 bits per heavy atom. The van der Waals surface area contributed by atoms with Crippen molar-refractivity contribution in [1.82, 2.24) is 15.5 Å². The maximum absolute atomic E-state index is 11.5. The number of guanidine groups is 1. The van der Waals surface area contributed by atoms with Crippen molar-refractivity contribution in [2.45, 2.75) is 26.2 Å². The van der Waals surface area contributed by atoms with Crippen molar-refractivity contribution in [2.24, 2.45) is 10.4 Å². The SMILES string of the molecule is C=CCN=C(NCC)N1CCCC2(CNC(=O)C2)C1. The molecule has 0 saturated carbocycles. The number of hydrogen-bond donors (Lipinski definition) is 2. The highest BCUT2D eigenvalue weighted by atomic mass is 16.1. The molecule has 2 aliphatic rings. The third-order valence-electron chi connectivity index (χ3n) is 3.86. The van der Waals surface area contributed by atoms with Gasteiger partial charge in [-0.2, -0.15) is 0 Å². The average Bonchev–Trinajstić information content (AvgIpc) is 2.75. The van der Waals surface area contributed by atoms with Crippen molar-refractivity contribution >= 4 is 11.9 Å². The van der Waals surface area contributed by atoms with E-state index in [-0.39, 0.29) is 11.3 Å². The summed E-state index contributed by atoms with van der Waals surface area (Å²) in [7, 11) is 0. The summed E-state index contributed by atoms with van der Waals surface area (Å²) in [5, 5.41) is 6.30. The van der Waals surface area contributed by atoms with Gasteiger partial charge in [0.05, 0.1) is 6.54 Å². The van der Waals surface area contributed by atoms with Crippen molar-refractivity contribution in [1.29, 1.82) is 0 Å². The molecule has 2 saturated heterocycles. The van der Waals surface area contributed by atoms with Gasteiger partial charge < -0.3 is 15.5 Å². The Hall–Kier alpha value is -1.52. The van der Waals surface area contributed by atoms with Gasteiger partial charge >= 0.3 is 0 Å². The number of rotatable bonds is 3. The minimum absolute atomic E-state index is 0.111. The number of aliphatic imine (C=N–C) groups is 1. The van der Waals surface area contributed by atoms with E-state index in [1.54, 1.807) is 6.08 Å². The molecule has 2 N–H and O–H groups in total. The molecule has 0 aromatic carbocycles. The average molecular weight is 264 g/mol. The maximum Gasteiger partial charge on any atom is 0.220 e. The van der Waals surface area contributed by atoms with Gasteiger partial charge in [0.1, 0.15) is 0 Å². The molecule has 2 fully saturated rings. The molecule has 0 aromatic rings. The zero-order chi connectivity index (χ0) is 13.7. The highest BCUT2D eigenvalue weighted by molar-refractivity contribution is 5.81. The molecular formula is C14H24N4O. The fourth-order valence-electron chi connectivity index (χ4n) is 3.01. The molecule has 0 aliphatic carbocycles. The van der Waals surface area contributed by atoms with E-state index in [1.165, 1.54) is 0 Å². The molecule has 1 unspecified atom stereocenters. The summed E-state index contributed by atoms with van der Waals surface area (Å²) in [6, 6.07) is 0. The Balaban J connectivity index is 2.06. The number of likely N-dealkylation sites (tertiary alicyclic amines) is 1. The van der Waals surface area contributed by atoms with Gasteiger partial charge in [0.15, 0.2) is 5.96 Å². The van der Waals surface area contributed by atoms with E-state index in [9.17, 15) is 4.79 Å². The van der Waals surface area contributed by atoms with Crippen LogP contribution in [0.25, 0.3) is 0 Å². The van der Waals surface area contributed by atoms with Crippen LogP contribution in [0, 0.1) is 5.41 Å². The van der Waals surface area contributed by atoms with Crippen molar-refractivity contribution < 1.29 is 4.79 Å². The fraction of sp³-hybridized carbons (Fsp3) is 0.714. The Morgan fingerprint density at radius 2 is 2.53 bits per heavy atom. The summed E-state index contributed by atoms with van der Waals surface area (Å²) >= 11 is 0. The maximum atomic E-state index is 11.5. The molecule has 1 amide bonds. The van der Waals surface area contributed by atoms with E-state index in [4.69, 9.17) is 0 Å². The summed E-state index contributed by atoms with van der Waals surface area (Å²) in [6.45, 7) is 10.0. The van der Waals surface area contributed by atoms with E-state index in [0.717, 1.165) is 45.0 Å². The molecule has 0 bridgehead atoms. The van der Waals surface area contributed by atoms with E-state index in [1.807, 2.05) is 0 Å². The fourth-order valence-corrected chi connectivity index (χ4v) is 3.01. The van der Waals surface area contributed by atoms with Gasteiger partial charge in [0, 0.05) is 38.0 Å². The van der Waals surface area contributed by atoms with E-state index in [2.05, 4.69) is 34.0 Å². The van der Waals surface area contributed by atoms with Crippen LogP contribution >= 0.6 is 0 Å². The van der Waals surface area contributed by atoms with Crippen LogP contribution in [0.15, 0.2) is 17.6 Å². The molecular weight excluding hydrogens is 240 g/mol. The van der Waals surface area contributed by atoms with Gasteiger partial charge in [-0.25, -0.2) is 4.99 Å². The third-order valence-corrected chi connectivity index (χ3v) is 3.86. The number of nitrogens with zero attached hydrogens (tertiary/aromatic N) is 2. The van der Waals surface area contributed by atoms with Crippen LogP contribution in [0.4, 0.5) is 0 Å². The van der Waals surface area contributed by atoms with Crippen molar-refractivity contribution in [3.05, 3.63) is 12.7 Å². The van der Waals surface area contributed by atoms with Gasteiger partial charge in [-0.05, 0) is 19.8 Å². The number of hydrogen-bond acceptors (Lipinski definition) is 2. The first-order valence-corrected chi connectivity index (χ1v) is 7.10. The van der Waals surface area contributed by atoms with Crippen LogP contribution in [0.1, 0.15) is 26.2 Å². The second-order valence-corrected chi connectivity index (χ2v) is 5.46. The van der Waals surface area contributed by atoms with Crippen LogP contribution < -0.4 is 10.6 Å². The molecule has 106 valence electrons. The van der Waals surface area contributed by atoms with Crippen LogP contribution in [-0.2, 0) is 4.79 Å². The van der Waals surface area contributed by atoms with Gasteiger partial charge in [0.25, 0.3) is 0 Å². The normalized spacial score (nSPS) is 27.5. The highest BCUT2D eigenvalue weighted by Gasteiger charge is 2.42. The Bertz CT molecular complexity index is 380. The van der Waals surface area contributed by atoms with E-state index >= 15 is 0 Å². The molecule has 1 spiro atoms. The lowest BCUT2D eigenvalue weighted by Crippen LogP contribution is -2.51. The topological polar surface area (TPSA) is 56.7 Å². The molecule has 1 atom stereocenters. The number of piperidine rings is 1. The monoisotopic (exact) mass is 264 g/mol. The lowest BCUT2D eigenvalue weighted by Gasteiger charge is -2.40. The second kappa shape index (κ2) is 6.08. The largest absolute Gasteiger partial charge is 0.357 e. The number of amides is 1. The lowest BCUT2D eigenvalue weighted by atomic mass is 9.79. The zero-order valence-electron chi connectivity index (χ0n) is 11.7. The second-order valence-electron chi connectivity index (χ2n) is 5.46. The Morgan fingerprint density at radius 1 is 1.68 bits per heavy atom. The predicted octanol–water partition coefficient (Wildman–Crippen LogP) is 0.740. The molecule has 0 radical (unpaired) electrons. The van der Waals surface area contributed by atoms with Gasteiger partial charge in [-0.1, -0.05) is 6.08 Å². The highest BCUT2D eigenvalue weighted by Crippen LogP contribution is 2.35. The Labute approximate surface area is 115 Å². The van der Waals surface area contributed by atoms with Crippen LogP contribution in [-0.4, -0.2) is 49.5 Å². The summed E-state index contributed by atoms with van der Waals surface area (Å²) in [5.41, 5.74) is 0.111. The predicted molar refractivity (Wildman–Crippen MR) is 77.0 cm³/mol. The van der Waals surface area contributed by atoms with Crippen LogP contribution in [0.5, 0.6) is 0 Å². The zero-order valence-corrected chi connectivity index (χ0v) is 11.7. The summed E-state index contributed by atoms with van der Waals surface area (Å²) in [4.78, 5) is 18.3. The standard InChI is InChI=1S/C14H24N4O/c1-3-7-16-13(15-4-2)18-8-5-6-14(11-18)9-12(19)17-10-14/h3H,1,4-11H2,2H3,(H,15,16)(H,17,19). The lowest BCUT2D eigenvalue weighted by molar-refractivity contribution is -0.119. The molecule has 0 aromatic heterocycles. The molecule has 19 heavy (non-hydrogen) atoms. The van der Waals surface area contributed by atoms with Gasteiger partial charge in [-0.15, -0.1) is 6.58 Å².